The number of nitrogens with one attached hydrogen (secondary N) is 2. The van der Waals surface area contributed by atoms with Gasteiger partial charge in [-0.15, -0.1) is 24.0 Å². The molecule has 8 heteroatoms. The Bertz CT molecular complexity index is 591. The largest absolute Gasteiger partial charge is 0.356 e. The van der Waals surface area contributed by atoms with Crippen LogP contribution in [0.25, 0.3) is 0 Å². The zero-order valence-corrected chi connectivity index (χ0v) is 19.0. The maximum Gasteiger partial charge on any atom is 0.242 e. The van der Waals surface area contributed by atoms with Gasteiger partial charge in [0, 0.05) is 33.2 Å². The summed E-state index contributed by atoms with van der Waals surface area (Å²) < 4.78 is 0. The lowest BCUT2D eigenvalue weighted by Crippen LogP contribution is -2.46. The van der Waals surface area contributed by atoms with E-state index < -0.39 is 0 Å². The van der Waals surface area contributed by atoms with Crippen LogP contribution in [0.5, 0.6) is 0 Å². The summed E-state index contributed by atoms with van der Waals surface area (Å²) >= 11 is 0. The number of carbonyl (C=O) groups excluding carboxylic acids is 2. The molecule has 7 nitrogen and oxygen atoms in total. The van der Waals surface area contributed by atoms with E-state index in [0.29, 0.717) is 32.1 Å². The highest BCUT2D eigenvalue weighted by Gasteiger charge is 2.15. The summed E-state index contributed by atoms with van der Waals surface area (Å²) in [5.41, 5.74) is 1.04. The van der Waals surface area contributed by atoms with Gasteiger partial charge in [-0.2, -0.15) is 0 Å². The van der Waals surface area contributed by atoms with E-state index in [9.17, 15) is 9.59 Å². The third-order valence-corrected chi connectivity index (χ3v) is 3.89. The number of likely N-dealkylation sites (N-methyl/N-ethyl adjacent to an activating group) is 2. The van der Waals surface area contributed by atoms with Crippen molar-refractivity contribution in [3.63, 3.8) is 0 Å². The van der Waals surface area contributed by atoms with Crippen LogP contribution >= 0.6 is 24.0 Å². The average Bonchev–Trinajstić information content (AvgIpc) is 2.65. The molecule has 1 aromatic rings. The van der Waals surface area contributed by atoms with Gasteiger partial charge in [0.05, 0.1) is 6.54 Å². The van der Waals surface area contributed by atoms with Crippen LogP contribution in [-0.2, 0) is 16.1 Å². The summed E-state index contributed by atoms with van der Waals surface area (Å²) in [6, 6.07) is 9.73. The van der Waals surface area contributed by atoms with Gasteiger partial charge in [0.25, 0.3) is 0 Å². The zero-order chi connectivity index (χ0) is 19.4. The predicted molar refractivity (Wildman–Crippen MR) is 120 cm³/mol. The maximum absolute atomic E-state index is 12.2. The van der Waals surface area contributed by atoms with Gasteiger partial charge in [0.15, 0.2) is 5.96 Å². The molecule has 0 radical (unpaired) electrons. The van der Waals surface area contributed by atoms with E-state index in [4.69, 9.17) is 0 Å². The first-order valence-corrected chi connectivity index (χ1v) is 9.09. The van der Waals surface area contributed by atoms with Gasteiger partial charge in [-0.25, -0.2) is 4.99 Å². The number of hydrogen-bond donors (Lipinski definition) is 2. The first kappa shape index (κ1) is 25.2. The number of halogens is 1. The molecule has 0 heterocycles. The van der Waals surface area contributed by atoms with Crippen LogP contribution in [0.3, 0.4) is 0 Å². The van der Waals surface area contributed by atoms with Crippen molar-refractivity contribution in [3.8, 4) is 0 Å². The molecule has 0 fully saturated rings. The van der Waals surface area contributed by atoms with E-state index in [0.717, 1.165) is 5.56 Å². The fourth-order valence-corrected chi connectivity index (χ4v) is 2.42. The van der Waals surface area contributed by atoms with Crippen molar-refractivity contribution < 1.29 is 9.59 Å². The Morgan fingerprint density at radius 3 is 2.22 bits per heavy atom. The second-order valence-electron chi connectivity index (χ2n) is 5.85. The number of benzene rings is 1. The summed E-state index contributed by atoms with van der Waals surface area (Å²) in [6.07, 6.45) is 0. The van der Waals surface area contributed by atoms with Crippen LogP contribution < -0.4 is 10.6 Å². The van der Waals surface area contributed by atoms with E-state index in [-0.39, 0.29) is 48.9 Å². The number of guanidine groups is 1. The van der Waals surface area contributed by atoms with E-state index in [1.165, 1.54) is 0 Å². The van der Waals surface area contributed by atoms with Gasteiger partial charge in [0.1, 0.15) is 6.54 Å². The van der Waals surface area contributed by atoms with Crippen LogP contribution in [0.2, 0.25) is 0 Å². The van der Waals surface area contributed by atoms with E-state index in [1.54, 1.807) is 16.8 Å². The lowest BCUT2D eigenvalue weighted by Gasteiger charge is -2.25. The lowest BCUT2D eigenvalue weighted by atomic mass is 10.2. The van der Waals surface area contributed by atoms with Gasteiger partial charge in [-0.1, -0.05) is 30.3 Å². The topological polar surface area (TPSA) is 77.0 Å². The normalized spacial score (nSPS) is 10.6. The van der Waals surface area contributed by atoms with Gasteiger partial charge >= 0.3 is 0 Å². The standard InChI is InChI=1S/C19H31N5O2.HI/c1-5-20-19(23(4)15-18(26)24(6-2)7-3)22-14-17(25)21-13-16-11-9-8-10-12-16;/h8-12H,5-7,13-15H2,1-4H3,(H,20,22)(H,21,25);1H. The highest BCUT2D eigenvalue weighted by atomic mass is 127. The van der Waals surface area contributed by atoms with Crippen LogP contribution in [0.15, 0.2) is 35.3 Å². The SMILES string of the molecule is CCNC(=NCC(=O)NCc1ccccc1)N(C)CC(=O)N(CC)CC.I. The minimum atomic E-state index is -0.160. The van der Waals surface area contributed by atoms with Crippen molar-refractivity contribution >= 4 is 41.8 Å². The highest BCUT2D eigenvalue weighted by Crippen LogP contribution is 1.97. The Morgan fingerprint density at radius 2 is 1.67 bits per heavy atom. The molecule has 0 bridgehead atoms. The molecule has 0 aromatic heterocycles. The van der Waals surface area contributed by atoms with Crippen molar-refractivity contribution in [2.24, 2.45) is 4.99 Å². The third-order valence-electron chi connectivity index (χ3n) is 3.89. The fourth-order valence-electron chi connectivity index (χ4n) is 2.42. The maximum atomic E-state index is 12.2. The van der Waals surface area contributed by atoms with Crippen molar-refractivity contribution in [1.82, 2.24) is 20.4 Å². The molecular weight excluding hydrogens is 457 g/mol. The fraction of sp³-hybridized carbons (Fsp3) is 0.526. The number of amides is 2. The number of hydrogen-bond acceptors (Lipinski definition) is 3. The molecule has 2 amide bonds. The van der Waals surface area contributed by atoms with Crippen molar-refractivity contribution in [1.29, 1.82) is 0 Å². The first-order valence-electron chi connectivity index (χ1n) is 9.09. The Hall–Kier alpha value is -1.84. The number of aliphatic imine (C=N–C) groups is 1. The average molecular weight is 489 g/mol. The molecule has 0 aliphatic rings. The van der Waals surface area contributed by atoms with Crippen LogP contribution in [0, 0.1) is 0 Å². The number of carbonyl (C=O) groups is 2. The molecule has 0 aliphatic heterocycles. The Balaban J connectivity index is 0.00000676. The van der Waals surface area contributed by atoms with E-state index >= 15 is 0 Å². The molecule has 0 saturated carbocycles. The predicted octanol–water partition coefficient (Wildman–Crippen LogP) is 1.69. The monoisotopic (exact) mass is 489 g/mol. The number of nitrogens with zero attached hydrogens (tertiary/aromatic N) is 3. The molecule has 0 aliphatic carbocycles. The molecule has 1 aromatic carbocycles. The van der Waals surface area contributed by atoms with Gasteiger partial charge in [0.2, 0.25) is 11.8 Å². The molecule has 0 spiro atoms. The second kappa shape index (κ2) is 14.2. The molecule has 152 valence electrons. The molecule has 1 rings (SSSR count). The molecule has 0 unspecified atom stereocenters. The summed E-state index contributed by atoms with van der Waals surface area (Å²) in [6.45, 7) is 8.59. The van der Waals surface area contributed by atoms with Gasteiger partial charge in [-0.05, 0) is 26.3 Å². The quantitative estimate of drug-likeness (QED) is 0.315. The highest BCUT2D eigenvalue weighted by molar-refractivity contribution is 14.0. The summed E-state index contributed by atoms with van der Waals surface area (Å²) in [4.78, 5) is 32.1. The van der Waals surface area contributed by atoms with Crippen molar-refractivity contribution in [2.45, 2.75) is 27.3 Å². The van der Waals surface area contributed by atoms with E-state index in [2.05, 4.69) is 15.6 Å². The zero-order valence-electron chi connectivity index (χ0n) is 16.7. The minimum absolute atomic E-state index is 0. The first-order chi connectivity index (χ1) is 12.5. The van der Waals surface area contributed by atoms with Crippen molar-refractivity contribution in [3.05, 3.63) is 35.9 Å². The molecular formula is C19H32IN5O2. The second-order valence-corrected chi connectivity index (χ2v) is 5.85. The van der Waals surface area contributed by atoms with Gasteiger partial charge < -0.3 is 20.4 Å². The Kier molecular flexibility index (Phi) is 13.3. The Morgan fingerprint density at radius 1 is 1.04 bits per heavy atom. The summed E-state index contributed by atoms with van der Waals surface area (Å²) in [5, 5.41) is 5.96. The van der Waals surface area contributed by atoms with Crippen LogP contribution in [0.4, 0.5) is 0 Å². The summed E-state index contributed by atoms with van der Waals surface area (Å²) in [5.74, 6) is 0.423. The smallest absolute Gasteiger partial charge is 0.242 e. The molecule has 2 N–H and O–H groups in total. The van der Waals surface area contributed by atoms with Crippen LogP contribution in [0.1, 0.15) is 26.3 Å². The number of rotatable bonds is 9. The lowest BCUT2D eigenvalue weighted by molar-refractivity contribution is -0.131. The van der Waals surface area contributed by atoms with Crippen LogP contribution in [-0.4, -0.2) is 67.3 Å². The molecule has 0 saturated heterocycles. The van der Waals surface area contributed by atoms with Gasteiger partial charge in [-0.3, -0.25) is 9.59 Å². The molecule has 27 heavy (non-hydrogen) atoms. The van der Waals surface area contributed by atoms with E-state index in [1.807, 2.05) is 51.1 Å². The Labute approximate surface area is 179 Å². The third kappa shape index (κ3) is 9.60. The minimum Gasteiger partial charge on any atom is -0.356 e. The molecule has 0 atom stereocenters. The summed E-state index contributed by atoms with van der Waals surface area (Å²) in [7, 11) is 1.80. The van der Waals surface area contributed by atoms with Crippen molar-refractivity contribution in [2.75, 3.05) is 39.8 Å².